The number of anilines is 1. The minimum atomic E-state index is -0.376. The third kappa shape index (κ3) is 4.22. The van der Waals surface area contributed by atoms with E-state index in [2.05, 4.69) is 26.9 Å². The number of piperazine rings is 1. The van der Waals surface area contributed by atoms with E-state index in [4.69, 9.17) is 4.74 Å². The fourth-order valence-corrected chi connectivity index (χ4v) is 3.62. The van der Waals surface area contributed by atoms with Crippen molar-refractivity contribution in [3.63, 3.8) is 0 Å². The first-order valence-electron chi connectivity index (χ1n) is 9.43. The second-order valence-electron chi connectivity index (χ2n) is 6.87. The van der Waals surface area contributed by atoms with E-state index in [-0.39, 0.29) is 11.8 Å². The van der Waals surface area contributed by atoms with Crippen LogP contribution in [0.4, 0.5) is 5.69 Å². The number of nitrogens with zero attached hydrogens (tertiary/aromatic N) is 2. The van der Waals surface area contributed by atoms with Crippen molar-refractivity contribution in [2.45, 2.75) is 20.8 Å². The number of Topliss-reactive ketones (excluding diaryl/α,β-unsaturated/α-hetero) is 1. The van der Waals surface area contributed by atoms with Gasteiger partial charge in [-0.3, -0.25) is 9.69 Å². The van der Waals surface area contributed by atoms with Crippen LogP contribution in [-0.2, 0) is 4.74 Å². The molecule has 1 aliphatic rings. The van der Waals surface area contributed by atoms with E-state index in [0.717, 1.165) is 26.2 Å². The smallest absolute Gasteiger partial charge is 0.340 e. The lowest BCUT2D eigenvalue weighted by atomic mass is 10.1. The van der Waals surface area contributed by atoms with E-state index < -0.39 is 0 Å². The number of carbonyl (C=O) groups excluding carboxylic acids is 2. The molecule has 0 spiro atoms. The van der Waals surface area contributed by atoms with Crippen molar-refractivity contribution in [1.29, 1.82) is 0 Å². The molecule has 2 heterocycles. The molecule has 0 aliphatic carbocycles. The summed E-state index contributed by atoms with van der Waals surface area (Å²) in [6, 6.07) is 10.3. The van der Waals surface area contributed by atoms with Gasteiger partial charge in [0.25, 0.3) is 0 Å². The first-order chi connectivity index (χ1) is 13.0. The molecule has 3 rings (SSSR count). The Labute approximate surface area is 160 Å². The zero-order chi connectivity index (χ0) is 19.4. The molecule has 1 aromatic carbocycles. The number of H-pyrrole nitrogens is 1. The molecule has 6 heteroatoms. The van der Waals surface area contributed by atoms with Crippen LogP contribution < -0.4 is 4.90 Å². The molecule has 6 nitrogen and oxygen atoms in total. The van der Waals surface area contributed by atoms with Gasteiger partial charge >= 0.3 is 5.97 Å². The fourth-order valence-electron chi connectivity index (χ4n) is 3.62. The maximum absolute atomic E-state index is 12.8. The number of aromatic amines is 1. The third-order valence-electron chi connectivity index (χ3n) is 5.06. The van der Waals surface area contributed by atoms with Crippen molar-refractivity contribution in [2.75, 3.05) is 44.2 Å². The first kappa shape index (κ1) is 19.2. The molecular formula is C21H27N3O3. The summed E-state index contributed by atoms with van der Waals surface area (Å²) in [7, 11) is 0. The number of hydrogen-bond donors (Lipinski definition) is 1. The van der Waals surface area contributed by atoms with Crippen molar-refractivity contribution in [1.82, 2.24) is 9.88 Å². The molecule has 0 saturated carbocycles. The van der Waals surface area contributed by atoms with Crippen LogP contribution in [0.5, 0.6) is 0 Å². The van der Waals surface area contributed by atoms with Crippen LogP contribution >= 0.6 is 0 Å². The highest BCUT2D eigenvalue weighted by molar-refractivity contribution is 6.02. The minimum Gasteiger partial charge on any atom is -0.462 e. The summed E-state index contributed by atoms with van der Waals surface area (Å²) in [4.78, 5) is 32.5. The summed E-state index contributed by atoms with van der Waals surface area (Å²) in [6.45, 7) is 9.52. The molecule has 1 N–H and O–H groups in total. The highest BCUT2D eigenvalue weighted by atomic mass is 16.5. The highest BCUT2D eigenvalue weighted by Gasteiger charge is 2.25. The van der Waals surface area contributed by atoms with Crippen molar-refractivity contribution in [3.8, 4) is 0 Å². The SMILES string of the molecule is CCOC(=O)c1c(C)[nH]c(C(=O)CN2CCN(c3ccccc3)CC2)c1C. The summed E-state index contributed by atoms with van der Waals surface area (Å²) in [5.74, 6) is -0.362. The quantitative estimate of drug-likeness (QED) is 0.627. The van der Waals surface area contributed by atoms with E-state index in [1.54, 1.807) is 20.8 Å². The maximum Gasteiger partial charge on any atom is 0.340 e. The average molecular weight is 369 g/mol. The Morgan fingerprint density at radius 2 is 1.74 bits per heavy atom. The summed E-state index contributed by atoms with van der Waals surface area (Å²) in [6.07, 6.45) is 0. The fraction of sp³-hybridized carbons (Fsp3) is 0.429. The van der Waals surface area contributed by atoms with Crippen molar-refractivity contribution >= 4 is 17.4 Å². The topological polar surface area (TPSA) is 65.6 Å². The molecule has 27 heavy (non-hydrogen) atoms. The van der Waals surface area contributed by atoms with Crippen molar-refractivity contribution in [3.05, 3.63) is 52.8 Å². The maximum atomic E-state index is 12.8. The van der Waals surface area contributed by atoms with Gasteiger partial charge in [-0.05, 0) is 38.5 Å². The Hall–Kier alpha value is -2.60. The van der Waals surface area contributed by atoms with Gasteiger partial charge in [0, 0.05) is 37.6 Å². The predicted octanol–water partition coefficient (Wildman–Crippen LogP) is 2.81. The second kappa shape index (κ2) is 8.39. The lowest BCUT2D eigenvalue weighted by Crippen LogP contribution is -2.48. The van der Waals surface area contributed by atoms with Gasteiger partial charge < -0.3 is 14.6 Å². The van der Waals surface area contributed by atoms with Gasteiger partial charge in [-0.15, -0.1) is 0 Å². The number of ketones is 1. The summed E-state index contributed by atoms with van der Waals surface area (Å²) in [5.41, 5.74) is 3.58. The minimum absolute atomic E-state index is 0.0132. The van der Waals surface area contributed by atoms with Crippen LogP contribution in [-0.4, -0.2) is 61.0 Å². The number of para-hydroxylation sites is 1. The molecule has 1 aliphatic heterocycles. The van der Waals surface area contributed by atoms with Gasteiger partial charge in [0.2, 0.25) is 0 Å². The highest BCUT2D eigenvalue weighted by Crippen LogP contribution is 2.20. The molecule has 0 unspecified atom stereocenters. The van der Waals surface area contributed by atoms with Crippen molar-refractivity contribution in [2.24, 2.45) is 0 Å². The number of esters is 1. The Morgan fingerprint density at radius 3 is 2.37 bits per heavy atom. The summed E-state index contributed by atoms with van der Waals surface area (Å²) in [5, 5.41) is 0. The van der Waals surface area contributed by atoms with E-state index in [1.807, 2.05) is 18.2 Å². The second-order valence-corrected chi connectivity index (χ2v) is 6.87. The molecule has 0 bridgehead atoms. The number of hydrogen-bond acceptors (Lipinski definition) is 5. The molecule has 1 fully saturated rings. The molecule has 0 radical (unpaired) electrons. The Balaban J connectivity index is 1.62. The van der Waals surface area contributed by atoms with Crippen LogP contribution in [0.1, 0.15) is 39.0 Å². The largest absolute Gasteiger partial charge is 0.462 e. The van der Waals surface area contributed by atoms with Gasteiger partial charge in [0.05, 0.1) is 24.4 Å². The van der Waals surface area contributed by atoms with E-state index in [0.29, 0.717) is 35.7 Å². The molecule has 2 aromatic rings. The zero-order valence-electron chi connectivity index (χ0n) is 16.2. The number of rotatable bonds is 6. The molecular weight excluding hydrogens is 342 g/mol. The Kier molecular flexibility index (Phi) is 5.96. The lowest BCUT2D eigenvalue weighted by molar-refractivity contribution is 0.0525. The molecule has 1 aromatic heterocycles. The van der Waals surface area contributed by atoms with E-state index in [1.165, 1.54) is 5.69 Å². The standard InChI is InChI=1S/C21H27N3O3/c1-4-27-21(26)19-15(2)20(22-16(19)3)18(25)14-23-10-12-24(13-11-23)17-8-6-5-7-9-17/h5-9,22H,4,10-14H2,1-3H3. The third-order valence-corrected chi connectivity index (χ3v) is 5.06. The van der Waals surface area contributed by atoms with Gasteiger partial charge in [-0.2, -0.15) is 0 Å². The van der Waals surface area contributed by atoms with E-state index in [9.17, 15) is 9.59 Å². The number of benzene rings is 1. The van der Waals surface area contributed by atoms with Crippen LogP contribution in [0.15, 0.2) is 30.3 Å². The molecule has 0 amide bonds. The number of ether oxygens (including phenoxy) is 1. The Morgan fingerprint density at radius 1 is 1.07 bits per heavy atom. The first-order valence-corrected chi connectivity index (χ1v) is 9.43. The van der Waals surface area contributed by atoms with Gasteiger partial charge in [0.1, 0.15) is 0 Å². The van der Waals surface area contributed by atoms with Crippen LogP contribution in [0.25, 0.3) is 0 Å². The number of carbonyl (C=O) groups is 2. The summed E-state index contributed by atoms with van der Waals surface area (Å²) >= 11 is 0. The lowest BCUT2D eigenvalue weighted by Gasteiger charge is -2.35. The van der Waals surface area contributed by atoms with Crippen LogP contribution in [0.3, 0.4) is 0 Å². The summed E-state index contributed by atoms with van der Waals surface area (Å²) < 4.78 is 5.10. The van der Waals surface area contributed by atoms with Gasteiger partial charge in [-0.25, -0.2) is 4.79 Å². The number of aromatic nitrogens is 1. The Bertz CT molecular complexity index is 806. The average Bonchev–Trinajstić information content (AvgIpc) is 2.97. The van der Waals surface area contributed by atoms with Crippen LogP contribution in [0, 0.1) is 13.8 Å². The van der Waals surface area contributed by atoms with Gasteiger partial charge in [-0.1, -0.05) is 18.2 Å². The van der Waals surface area contributed by atoms with E-state index >= 15 is 0 Å². The normalized spacial score (nSPS) is 15.0. The molecule has 1 saturated heterocycles. The molecule has 0 atom stereocenters. The van der Waals surface area contributed by atoms with Crippen LogP contribution in [0.2, 0.25) is 0 Å². The van der Waals surface area contributed by atoms with Gasteiger partial charge in [0.15, 0.2) is 5.78 Å². The zero-order valence-corrected chi connectivity index (χ0v) is 16.2. The predicted molar refractivity (Wildman–Crippen MR) is 106 cm³/mol. The van der Waals surface area contributed by atoms with Crippen molar-refractivity contribution < 1.29 is 14.3 Å². The number of aryl methyl sites for hydroxylation is 1. The molecule has 144 valence electrons. The monoisotopic (exact) mass is 369 g/mol. The number of nitrogens with one attached hydrogen (secondary N) is 1.